The minimum absolute atomic E-state index is 0.0408. The third-order valence-electron chi connectivity index (χ3n) is 1.56. The van der Waals surface area contributed by atoms with Crippen LogP contribution < -0.4 is 4.74 Å². The standard InChI is InChI=1S/C9H13N3O2/c1-4-14-9-7(8(10)13-3)11-5-6(2)12-9/h5,10H,4H2,1-3H3. The topological polar surface area (TPSA) is 68.1 Å². The molecule has 0 aliphatic heterocycles. The van der Waals surface area contributed by atoms with E-state index in [9.17, 15) is 0 Å². The number of aryl methyl sites for hydroxylation is 1. The Labute approximate surface area is 82.6 Å². The summed E-state index contributed by atoms with van der Waals surface area (Å²) in [5, 5.41) is 7.46. The van der Waals surface area contributed by atoms with E-state index in [0.29, 0.717) is 18.2 Å². The van der Waals surface area contributed by atoms with Crippen LogP contribution in [0.15, 0.2) is 6.20 Å². The van der Waals surface area contributed by atoms with Gasteiger partial charge in [0.15, 0.2) is 5.69 Å². The van der Waals surface area contributed by atoms with Crippen molar-refractivity contribution in [1.29, 1.82) is 5.41 Å². The Bertz CT molecular complexity index is 339. The Morgan fingerprint density at radius 2 is 2.29 bits per heavy atom. The van der Waals surface area contributed by atoms with E-state index in [2.05, 4.69) is 9.97 Å². The SMILES string of the molecule is CCOc1nc(C)cnc1C(=N)OC. The summed E-state index contributed by atoms with van der Waals surface area (Å²) in [6.07, 6.45) is 1.57. The molecule has 0 fully saturated rings. The van der Waals surface area contributed by atoms with E-state index < -0.39 is 0 Å². The van der Waals surface area contributed by atoms with E-state index in [0.717, 1.165) is 5.69 Å². The summed E-state index contributed by atoms with van der Waals surface area (Å²) in [6, 6.07) is 0. The van der Waals surface area contributed by atoms with Crippen LogP contribution in [0.3, 0.4) is 0 Å². The van der Waals surface area contributed by atoms with Crippen LogP contribution in [0.2, 0.25) is 0 Å². The van der Waals surface area contributed by atoms with Gasteiger partial charge in [0.1, 0.15) is 0 Å². The molecule has 0 radical (unpaired) electrons. The molecule has 5 nitrogen and oxygen atoms in total. The monoisotopic (exact) mass is 195 g/mol. The number of methoxy groups -OCH3 is 1. The maximum atomic E-state index is 7.46. The molecule has 0 bridgehead atoms. The molecule has 14 heavy (non-hydrogen) atoms. The first-order valence-corrected chi connectivity index (χ1v) is 4.28. The second-order valence-corrected chi connectivity index (χ2v) is 2.63. The van der Waals surface area contributed by atoms with Crippen molar-refractivity contribution in [3.8, 4) is 5.88 Å². The Morgan fingerprint density at radius 1 is 1.57 bits per heavy atom. The zero-order chi connectivity index (χ0) is 10.6. The van der Waals surface area contributed by atoms with Crippen LogP contribution in [0.4, 0.5) is 0 Å². The van der Waals surface area contributed by atoms with Gasteiger partial charge in [0.05, 0.1) is 19.4 Å². The molecule has 1 N–H and O–H groups in total. The summed E-state index contributed by atoms with van der Waals surface area (Å²) >= 11 is 0. The lowest BCUT2D eigenvalue weighted by Gasteiger charge is -2.08. The summed E-state index contributed by atoms with van der Waals surface area (Å²) in [4.78, 5) is 8.16. The number of aromatic nitrogens is 2. The molecule has 0 saturated heterocycles. The van der Waals surface area contributed by atoms with Gasteiger partial charge in [-0.2, -0.15) is 0 Å². The molecule has 1 heterocycles. The molecule has 0 spiro atoms. The predicted octanol–water partition coefficient (Wildman–Crippen LogP) is 1.16. The van der Waals surface area contributed by atoms with E-state index in [4.69, 9.17) is 14.9 Å². The second kappa shape index (κ2) is 4.55. The number of hydrogen-bond acceptors (Lipinski definition) is 5. The van der Waals surface area contributed by atoms with Crippen molar-refractivity contribution in [1.82, 2.24) is 9.97 Å². The molecule has 0 amide bonds. The highest BCUT2D eigenvalue weighted by molar-refractivity contribution is 5.91. The van der Waals surface area contributed by atoms with Crippen molar-refractivity contribution < 1.29 is 9.47 Å². The third kappa shape index (κ3) is 2.18. The summed E-state index contributed by atoms with van der Waals surface area (Å²) in [6.45, 7) is 4.15. The van der Waals surface area contributed by atoms with Gasteiger partial charge in [0.2, 0.25) is 11.8 Å². The molecule has 0 unspecified atom stereocenters. The minimum atomic E-state index is -0.0408. The fourth-order valence-electron chi connectivity index (χ4n) is 0.945. The predicted molar refractivity (Wildman–Crippen MR) is 51.8 cm³/mol. The van der Waals surface area contributed by atoms with Gasteiger partial charge >= 0.3 is 0 Å². The number of ether oxygens (including phenoxy) is 2. The fraction of sp³-hybridized carbons (Fsp3) is 0.444. The smallest absolute Gasteiger partial charge is 0.245 e. The van der Waals surface area contributed by atoms with Gasteiger partial charge < -0.3 is 9.47 Å². The average molecular weight is 195 g/mol. The highest BCUT2D eigenvalue weighted by Gasteiger charge is 2.12. The Morgan fingerprint density at radius 3 is 2.86 bits per heavy atom. The maximum absolute atomic E-state index is 7.46. The van der Waals surface area contributed by atoms with E-state index in [1.807, 2.05) is 13.8 Å². The molecule has 0 aromatic carbocycles. The van der Waals surface area contributed by atoms with Gasteiger partial charge in [-0.1, -0.05) is 0 Å². The van der Waals surface area contributed by atoms with Crippen LogP contribution in [-0.2, 0) is 4.74 Å². The first-order chi connectivity index (χ1) is 6.69. The largest absolute Gasteiger partial charge is 0.480 e. The molecule has 0 aliphatic rings. The van der Waals surface area contributed by atoms with E-state index >= 15 is 0 Å². The van der Waals surface area contributed by atoms with Crippen molar-refractivity contribution in [2.45, 2.75) is 13.8 Å². The molecular weight excluding hydrogens is 182 g/mol. The lowest BCUT2D eigenvalue weighted by molar-refractivity contribution is 0.319. The van der Waals surface area contributed by atoms with Gasteiger partial charge in [0, 0.05) is 6.20 Å². The van der Waals surface area contributed by atoms with Crippen molar-refractivity contribution in [3.63, 3.8) is 0 Å². The van der Waals surface area contributed by atoms with Crippen LogP contribution in [0.1, 0.15) is 18.3 Å². The lowest BCUT2D eigenvalue weighted by atomic mass is 10.4. The molecule has 0 saturated carbocycles. The average Bonchev–Trinajstić information content (AvgIpc) is 2.17. The number of rotatable bonds is 3. The summed E-state index contributed by atoms with van der Waals surface area (Å²) in [5.74, 6) is 0.306. The molecule has 0 aliphatic carbocycles. The normalized spacial score (nSPS) is 9.64. The van der Waals surface area contributed by atoms with E-state index in [1.54, 1.807) is 6.20 Å². The summed E-state index contributed by atoms with van der Waals surface area (Å²) in [7, 11) is 1.42. The van der Waals surface area contributed by atoms with E-state index in [1.165, 1.54) is 7.11 Å². The Hall–Kier alpha value is -1.65. The van der Waals surface area contributed by atoms with Gasteiger partial charge in [-0.05, 0) is 13.8 Å². The molecule has 0 atom stereocenters. The molecule has 76 valence electrons. The molecular formula is C9H13N3O2. The summed E-state index contributed by atoms with van der Waals surface area (Å²) < 4.78 is 10.0. The minimum Gasteiger partial charge on any atom is -0.480 e. The molecule has 5 heteroatoms. The number of nitrogens with zero attached hydrogens (tertiary/aromatic N) is 2. The summed E-state index contributed by atoms with van der Waals surface area (Å²) in [5.41, 5.74) is 1.08. The second-order valence-electron chi connectivity index (χ2n) is 2.63. The number of hydrogen-bond donors (Lipinski definition) is 1. The van der Waals surface area contributed by atoms with Gasteiger partial charge in [-0.15, -0.1) is 0 Å². The van der Waals surface area contributed by atoms with Crippen LogP contribution in [0.25, 0.3) is 0 Å². The lowest BCUT2D eigenvalue weighted by Crippen LogP contribution is -2.10. The first kappa shape index (κ1) is 10.4. The maximum Gasteiger partial charge on any atom is 0.245 e. The third-order valence-corrected chi connectivity index (χ3v) is 1.56. The van der Waals surface area contributed by atoms with E-state index in [-0.39, 0.29) is 5.90 Å². The van der Waals surface area contributed by atoms with Crippen molar-refractivity contribution >= 4 is 5.90 Å². The van der Waals surface area contributed by atoms with Crippen molar-refractivity contribution in [3.05, 3.63) is 17.6 Å². The van der Waals surface area contributed by atoms with Crippen LogP contribution >= 0.6 is 0 Å². The number of nitrogens with one attached hydrogen (secondary N) is 1. The first-order valence-electron chi connectivity index (χ1n) is 4.28. The Balaban J connectivity index is 3.07. The quantitative estimate of drug-likeness (QED) is 0.580. The fourth-order valence-corrected chi connectivity index (χ4v) is 0.945. The molecule has 1 rings (SSSR count). The molecule has 1 aromatic rings. The van der Waals surface area contributed by atoms with Gasteiger partial charge in [-0.3, -0.25) is 5.41 Å². The van der Waals surface area contributed by atoms with Gasteiger partial charge in [0.25, 0.3) is 0 Å². The zero-order valence-corrected chi connectivity index (χ0v) is 8.50. The van der Waals surface area contributed by atoms with Crippen LogP contribution in [-0.4, -0.2) is 29.6 Å². The molecule has 1 aromatic heterocycles. The van der Waals surface area contributed by atoms with Crippen LogP contribution in [0.5, 0.6) is 5.88 Å². The zero-order valence-electron chi connectivity index (χ0n) is 8.50. The van der Waals surface area contributed by atoms with Crippen LogP contribution in [0, 0.1) is 12.3 Å². The van der Waals surface area contributed by atoms with Crippen molar-refractivity contribution in [2.24, 2.45) is 0 Å². The Kier molecular flexibility index (Phi) is 3.39. The van der Waals surface area contributed by atoms with Crippen molar-refractivity contribution in [2.75, 3.05) is 13.7 Å². The highest BCUT2D eigenvalue weighted by atomic mass is 16.5. The highest BCUT2D eigenvalue weighted by Crippen LogP contribution is 2.13. The van der Waals surface area contributed by atoms with Gasteiger partial charge in [-0.25, -0.2) is 9.97 Å².